The van der Waals surface area contributed by atoms with E-state index in [-0.39, 0.29) is 18.9 Å². The predicted molar refractivity (Wildman–Crippen MR) is 103 cm³/mol. The van der Waals surface area contributed by atoms with E-state index in [4.69, 9.17) is 9.47 Å². The number of nitrogens with one attached hydrogen (secondary N) is 1. The molecule has 0 fully saturated rings. The van der Waals surface area contributed by atoms with Gasteiger partial charge in [-0.15, -0.1) is 0 Å². The smallest absolute Gasteiger partial charge is 0.344 e. The molecule has 0 spiro atoms. The lowest BCUT2D eigenvalue weighted by Crippen LogP contribution is -2.29. The van der Waals surface area contributed by atoms with Crippen molar-refractivity contribution in [1.82, 2.24) is 5.32 Å². The lowest BCUT2D eigenvalue weighted by Gasteiger charge is -2.08. The van der Waals surface area contributed by atoms with Crippen LogP contribution in [0.25, 0.3) is 0 Å². The first-order valence-electron chi connectivity index (χ1n) is 8.72. The van der Waals surface area contributed by atoms with Crippen LogP contribution in [-0.4, -0.2) is 44.0 Å². The van der Waals surface area contributed by atoms with Crippen molar-refractivity contribution in [3.8, 4) is 5.75 Å². The molecule has 0 aliphatic heterocycles. The Balaban J connectivity index is 1.68. The highest BCUT2D eigenvalue weighted by Gasteiger charge is 2.09. The zero-order chi connectivity index (χ0) is 21.2. The van der Waals surface area contributed by atoms with Crippen LogP contribution in [0.1, 0.15) is 33.2 Å². The van der Waals surface area contributed by atoms with Gasteiger partial charge in [0.2, 0.25) is 0 Å². The summed E-state index contributed by atoms with van der Waals surface area (Å²) >= 11 is 0. The largest absolute Gasteiger partial charge is 0.482 e. The molecular formula is C21H21NO7. The van der Waals surface area contributed by atoms with Crippen LogP contribution in [0.4, 0.5) is 0 Å². The SMILES string of the molecule is COC(=O)c1ccc(CNC(=O)COC(=O)COc2ccc(C(C)=O)cc2)cc1. The van der Waals surface area contributed by atoms with E-state index >= 15 is 0 Å². The summed E-state index contributed by atoms with van der Waals surface area (Å²) in [6.07, 6.45) is 0. The van der Waals surface area contributed by atoms with Gasteiger partial charge in [-0.1, -0.05) is 12.1 Å². The highest BCUT2D eigenvalue weighted by atomic mass is 16.6. The molecule has 0 bridgehead atoms. The Bertz CT molecular complexity index is 873. The molecule has 0 radical (unpaired) electrons. The van der Waals surface area contributed by atoms with Crippen LogP contribution in [-0.2, 0) is 25.6 Å². The molecule has 0 saturated heterocycles. The molecule has 2 aromatic carbocycles. The molecule has 0 aromatic heterocycles. The molecule has 8 nitrogen and oxygen atoms in total. The highest BCUT2D eigenvalue weighted by Crippen LogP contribution is 2.12. The van der Waals surface area contributed by atoms with Gasteiger partial charge in [-0.2, -0.15) is 0 Å². The molecule has 2 rings (SSSR count). The molecule has 0 aliphatic rings. The number of ketones is 1. The van der Waals surface area contributed by atoms with Gasteiger partial charge in [-0.05, 0) is 48.9 Å². The number of ether oxygens (including phenoxy) is 3. The third-order valence-electron chi connectivity index (χ3n) is 3.85. The maximum atomic E-state index is 11.8. The first-order valence-corrected chi connectivity index (χ1v) is 8.72. The monoisotopic (exact) mass is 399 g/mol. The van der Waals surface area contributed by atoms with E-state index in [1.54, 1.807) is 48.5 Å². The van der Waals surface area contributed by atoms with Gasteiger partial charge >= 0.3 is 11.9 Å². The molecule has 0 unspecified atom stereocenters. The Morgan fingerprint density at radius 2 is 1.48 bits per heavy atom. The van der Waals surface area contributed by atoms with Crippen LogP contribution in [0.5, 0.6) is 5.75 Å². The summed E-state index contributed by atoms with van der Waals surface area (Å²) in [5.74, 6) is -1.27. The van der Waals surface area contributed by atoms with Crippen LogP contribution in [0.3, 0.4) is 0 Å². The number of carbonyl (C=O) groups excluding carboxylic acids is 4. The number of hydrogen-bond donors (Lipinski definition) is 1. The van der Waals surface area contributed by atoms with Crippen molar-refractivity contribution in [2.24, 2.45) is 0 Å². The minimum atomic E-state index is -0.696. The van der Waals surface area contributed by atoms with Gasteiger partial charge in [0, 0.05) is 12.1 Å². The number of rotatable bonds is 9. The van der Waals surface area contributed by atoms with Gasteiger partial charge in [-0.25, -0.2) is 9.59 Å². The van der Waals surface area contributed by atoms with E-state index in [0.29, 0.717) is 16.9 Å². The number of benzene rings is 2. The Hall–Kier alpha value is -3.68. The Kier molecular flexibility index (Phi) is 7.90. The third-order valence-corrected chi connectivity index (χ3v) is 3.85. The fraction of sp³-hybridized carbons (Fsp3) is 0.238. The van der Waals surface area contributed by atoms with Crippen LogP contribution < -0.4 is 10.1 Å². The Morgan fingerprint density at radius 1 is 0.862 bits per heavy atom. The maximum Gasteiger partial charge on any atom is 0.344 e. The normalized spacial score (nSPS) is 10.0. The lowest BCUT2D eigenvalue weighted by molar-refractivity contribution is -0.150. The Morgan fingerprint density at radius 3 is 2.07 bits per heavy atom. The third kappa shape index (κ3) is 7.10. The van der Waals surface area contributed by atoms with E-state index in [9.17, 15) is 19.2 Å². The average Bonchev–Trinajstić information content (AvgIpc) is 2.74. The van der Waals surface area contributed by atoms with Crippen LogP contribution in [0.2, 0.25) is 0 Å². The number of amides is 1. The van der Waals surface area contributed by atoms with Gasteiger partial charge in [0.25, 0.3) is 5.91 Å². The zero-order valence-corrected chi connectivity index (χ0v) is 16.1. The maximum absolute atomic E-state index is 11.8. The molecular weight excluding hydrogens is 378 g/mol. The highest BCUT2D eigenvalue weighted by molar-refractivity contribution is 5.94. The second kappa shape index (κ2) is 10.6. The van der Waals surface area contributed by atoms with Gasteiger partial charge in [0.1, 0.15) is 5.75 Å². The summed E-state index contributed by atoms with van der Waals surface area (Å²) < 4.78 is 14.7. The predicted octanol–water partition coefficient (Wildman–Crippen LogP) is 1.91. The number of methoxy groups -OCH3 is 1. The van der Waals surface area contributed by atoms with E-state index < -0.39 is 24.5 Å². The van der Waals surface area contributed by atoms with Crippen molar-refractivity contribution in [3.05, 3.63) is 65.2 Å². The summed E-state index contributed by atoms with van der Waals surface area (Å²) in [6.45, 7) is 0.875. The summed E-state index contributed by atoms with van der Waals surface area (Å²) in [4.78, 5) is 46.0. The molecule has 0 aliphatic carbocycles. The van der Waals surface area contributed by atoms with Crippen LogP contribution in [0, 0.1) is 0 Å². The number of esters is 2. The van der Waals surface area contributed by atoms with E-state index in [2.05, 4.69) is 10.1 Å². The summed E-state index contributed by atoms with van der Waals surface area (Å²) in [7, 11) is 1.30. The number of hydrogen-bond acceptors (Lipinski definition) is 7. The molecule has 0 atom stereocenters. The summed E-state index contributed by atoms with van der Waals surface area (Å²) in [6, 6.07) is 12.9. The minimum absolute atomic E-state index is 0.0682. The number of carbonyl (C=O) groups is 4. The molecule has 29 heavy (non-hydrogen) atoms. The molecule has 2 aromatic rings. The van der Waals surface area contributed by atoms with Crippen molar-refractivity contribution in [2.75, 3.05) is 20.3 Å². The van der Waals surface area contributed by atoms with E-state index in [1.165, 1.54) is 14.0 Å². The summed E-state index contributed by atoms with van der Waals surface area (Å²) in [5.41, 5.74) is 1.72. The average molecular weight is 399 g/mol. The standard InChI is InChI=1S/C21H21NO7/c1-14(23)16-7-9-18(10-8-16)28-13-20(25)29-12-19(24)22-11-15-3-5-17(6-4-15)21(26)27-2/h3-10H,11-13H2,1-2H3,(H,22,24). The fourth-order valence-electron chi connectivity index (χ4n) is 2.24. The lowest BCUT2D eigenvalue weighted by atomic mass is 10.1. The molecule has 0 saturated carbocycles. The molecule has 152 valence electrons. The second-order valence-corrected chi connectivity index (χ2v) is 6.00. The molecule has 1 N–H and O–H groups in total. The van der Waals surface area contributed by atoms with Crippen molar-refractivity contribution in [1.29, 1.82) is 0 Å². The van der Waals surface area contributed by atoms with Gasteiger partial charge < -0.3 is 19.5 Å². The quantitative estimate of drug-likeness (QED) is 0.507. The molecule has 1 amide bonds. The first-order chi connectivity index (χ1) is 13.9. The van der Waals surface area contributed by atoms with Gasteiger partial charge in [-0.3, -0.25) is 9.59 Å². The van der Waals surface area contributed by atoms with Crippen molar-refractivity contribution in [3.63, 3.8) is 0 Å². The van der Waals surface area contributed by atoms with Crippen LogP contribution in [0.15, 0.2) is 48.5 Å². The first kappa shape index (κ1) is 21.6. The second-order valence-electron chi connectivity index (χ2n) is 6.00. The summed E-state index contributed by atoms with van der Waals surface area (Å²) in [5, 5.41) is 2.60. The topological polar surface area (TPSA) is 108 Å². The van der Waals surface area contributed by atoms with Gasteiger partial charge in [0.05, 0.1) is 12.7 Å². The molecule has 0 heterocycles. The fourth-order valence-corrected chi connectivity index (χ4v) is 2.24. The van der Waals surface area contributed by atoms with Gasteiger partial charge in [0.15, 0.2) is 19.0 Å². The van der Waals surface area contributed by atoms with E-state index in [1.807, 2.05) is 0 Å². The van der Waals surface area contributed by atoms with Crippen molar-refractivity contribution < 1.29 is 33.4 Å². The van der Waals surface area contributed by atoms with E-state index in [0.717, 1.165) is 5.56 Å². The minimum Gasteiger partial charge on any atom is -0.482 e. The number of Topliss-reactive ketones (excluding diaryl/α,β-unsaturated/α-hetero) is 1. The van der Waals surface area contributed by atoms with Crippen molar-refractivity contribution >= 4 is 23.6 Å². The Labute approximate surface area is 167 Å². The molecule has 8 heteroatoms. The zero-order valence-electron chi connectivity index (χ0n) is 16.1. The van der Waals surface area contributed by atoms with Crippen LogP contribution >= 0.6 is 0 Å². The van der Waals surface area contributed by atoms with Crippen molar-refractivity contribution in [2.45, 2.75) is 13.5 Å².